The van der Waals surface area contributed by atoms with E-state index in [0.717, 1.165) is 32.9 Å². The van der Waals surface area contributed by atoms with Gasteiger partial charge in [0.15, 0.2) is 19.7 Å². The molecule has 0 radical (unpaired) electrons. The molecule has 2 heterocycles. The molecule has 2 bridgehead atoms. The predicted octanol–water partition coefficient (Wildman–Crippen LogP) is 14.0. The summed E-state index contributed by atoms with van der Waals surface area (Å²) in [5.74, 6) is 1.72. The van der Waals surface area contributed by atoms with Crippen molar-refractivity contribution in [2.24, 2.45) is 0 Å². The molecule has 0 N–H and O–H groups in total. The fourth-order valence-corrected chi connectivity index (χ4v) is 18.2. The quantitative estimate of drug-likeness (QED) is 0.107. The first-order valence-corrected chi connectivity index (χ1v) is 28.3. The fourth-order valence-electron chi connectivity index (χ4n) is 13.0. The van der Waals surface area contributed by atoms with Crippen molar-refractivity contribution in [2.75, 3.05) is 0 Å². The van der Waals surface area contributed by atoms with E-state index in [9.17, 15) is 0 Å². The molecule has 2 aromatic heterocycles. The summed E-state index contributed by atoms with van der Waals surface area (Å²) >= 11 is 0. The van der Waals surface area contributed by atoms with Crippen molar-refractivity contribution in [1.29, 1.82) is 0 Å². The average Bonchev–Trinajstić information content (AvgIpc) is 4.00. The van der Waals surface area contributed by atoms with Gasteiger partial charge in [-0.1, -0.05) is 267 Å². The van der Waals surface area contributed by atoms with E-state index in [2.05, 4.69) is 278 Å². The van der Waals surface area contributed by atoms with Crippen LogP contribution in [0.15, 0.2) is 279 Å². The maximum Gasteiger partial charge on any atom is 0.238 e. The highest BCUT2D eigenvalue weighted by molar-refractivity contribution is 7.20. The van der Waals surface area contributed by atoms with Crippen LogP contribution < -0.4 is 20.7 Å². The molecule has 3 aliphatic carbocycles. The van der Waals surface area contributed by atoms with Crippen molar-refractivity contribution in [2.45, 2.75) is 11.8 Å². The van der Waals surface area contributed by atoms with Crippen LogP contribution in [0.3, 0.4) is 0 Å². The summed E-state index contributed by atoms with van der Waals surface area (Å²) in [6.45, 7) is 0. The van der Waals surface area contributed by atoms with E-state index >= 15 is 0 Å². The molecule has 0 spiro atoms. The van der Waals surface area contributed by atoms with Crippen molar-refractivity contribution in [3.05, 3.63) is 312 Å². The largest absolute Gasteiger partial charge is 0.278 e. The SMILES string of the molecule is c1ccc(-c2cccc([Si](c3ccccc3)(c3cccc(-c4ccccc4)c3)c3cccc4c3C3c5ccccc5C4c4cccc(-c5nc(-c6ccccc6)nc(-n6c7ccccc7c7ccccc76)n5)c43)c2)cc1. The second kappa shape index (κ2) is 17.8. The topological polar surface area (TPSA) is 43.6 Å². The molecule has 76 heavy (non-hydrogen) atoms. The molecule has 11 aromatic carbocycles. The summed E-state index contributed by atoms with van der Waals surface area (Å²) in [5, 5.41) is 7.72. The van der Waals surface area contributed by atoms with E-state index in [4.69, 9.17) is 15.0 Å². The minimum Gasteiger partial charge on any atom is -0.278 e. The van der Waals surface area contributed by atoms with Gasteiger partial charge in [0.05, 0.1) is 11.0 Å². The van der Waals surface area contributed by atoms with Crippen LogP contribution in [-0.4, -0.2) is 27.6 Å². The summed E-state index contributed by atoms with van der Waals surface area (Å²) in [4.78, 5) is 16.5. The Hall–Kier alpha value is -9.55. The van der Waals surface area contributed by atoms with Gasteiger partial charge in [0.1, 0.15) is 0 Å². The molecule has 4 nitrogen and oxygen atoms in total. The number of hydrogen-bond acceptors (Lipinski definition) is 3. The molecule has 2 unspecified atom stereocenters. The third-order valence-electron chi connectivity index (χ3n) is 16.2. The van der Waals surface area contributed by atoms with Crippen LogP contribution in [0.4, 0.5) is 0 Å². The molecule has 2 atom stereocenters. The Kier molecular flexibility index (Phi) is 10.3. The molecular formula is C71H48N4Si. The molecule has 356 valence electrons. The zero-order chi connectivity index (χ0) is 50.2. The number of benzene rings is 11. The molecule has 0 amide bonds. The molecule has 16 rings (SSSR count). The minimum atomic E-state index is -3.28. The summed E-state index contributed by atoms with van der Waals surface area (Å²) < 4.78 is 2.22. The van der Waals surface area contributed by atoms with Crippen LogP contribution in [0.5, 0.6) is 0 Å². The highest BCUT2D eigenvalue weighted by Crippen LogP contribution is 2.57. The van der Waals surface area contributed by atoms with Crippen molar-refractivity contribution in [3.8, 4) is 51.0 Å². The van der Waals surface area contributed by atoms with Gasteiger partial charge >= 0.3 is 0 Å². The Balaban J connectivity index is 1.03. The van der Waals surface area contributed by atoms with Crippen molar-refractivity contribution in [1.82, 2.24) is 19.5 Å². The molecular weight excluding hydrogens is 937 g/mol. The Bertz CT molecular complexity index is 4220. The van der Waals surface area contributed by atoms with E-state index in [-0.39, 0.29) is 11.8 Å². The van der Waals surface area contributed by atoms with Crippen molar-refractivity contribution < 1.29 is 0 Å². The zero-order valence-corrected chi connectivity index (χ0v) is 42.5. The van der Waals surface area contributed by atoms with Gasteiger partial charge in [0.25, 0.3) is 0 Å². The van der Waals surface area contributed by atoms with Crippen molar-refractivity contribution in [3.63, 3.8) is 0 Å². The van der Waals surface area contributed by atoms with Gasteiger partial charge in [-0.05, 0) is 88.5 Å². The third-order valence-corrected chi connectivity index (χ3v) is 21.0. The lowest BCUT2D eigenvalue weighted by Crippen LogP contribution is -2.75. The van der Waals surface area contributed by atoms with Crippen LogP contribution in [0.25, 0.3) is 72.8 Å². The number of rotatable bonds is 9. The fraction of sp³-hybridized carbons (Fsp3) is 0.0282. The number of aromatic nitrogens is 4. The molecule has 13 aromatic rings. The van der Waals surface area contributed by atoms with Gasteiger partial charge in [-0.25, -0.2) is 4.98 Å². The monoisotopic (exact) mass is 984 g/mol. The van der Waals surface area contributed by atoms with Crippen molar-refractivity contribution >= 4 is 50.6 Å². The summed E-state index contributed by atoms with van der Waals surface area (Å²) in [7, 11) is -3.28. The Morgan fingerprint density at radius 3 is 1.34 bits per heavy atom. The lowest BCUT2D eigenvalue weighted by molar-refractivity contribution is 0.758. The van der Waals surface area contributed by atoms with Crippen LogP contribution in [-0.2, 0) is 0 Å². The van der Waals surface area contributed by atoms with Crippen LogP contribution in [0.1, 0.15) is 45.2 Å². The average molecular weight is 985 g/mol. The van der Waals surface area contributed by atoms with Gasteiger partial charge < -0.3 is 0 Å². The number of nitrogens with zero attached hydrogens (tertiary/aromatic N) is 4. The van der Waals surface area contributed by atoms with E-state index in [0.29, 0.717) is 17.6 Å². The van der Waals surface area contributed by atoms with Gasteiger partial charge in [0, 0.05) is 33.7 Å². The molecule has 0 saturated heterocycles. The first kappa shape index (κ1) is 44.0. The highest BCUT2D eigenvalue weighted by Gasteiger charge is 2.50. The lowest BCUT2D eigenvalue weighted by Gasteiger charge is -2.46. The first-order valence-electron chi connectivity index (χ1n) is 26.3. The summed E-state index contributed by atoms with van der Waals surface area (Å²) in [6, 6.07) is 103. The van der Waals surface area contributed by atoms with Gasteiger partial charge in [-0.3, -0.25) is 4.57 Å². The molecule has 0 saturated carbocycles. The Morgan fingerprint density at radius 2 is 0.737 bits per heavy atom. The van der Waals surface area contributed by atoms with Gasteiger partial charge in [-0.15, -0.1) is 0 Å². The normalized spacial score (nSPS) is 14.3. The summed E-state index contributed by atoms with van der Waals surface area (Å²) in [6.07, 6.45) is 0. The van der Waals surface area contributed by atoms with Crippen LogP contribution in [0.2, 0.25) is 0 Å². The first-order chi connectivity index (χ1) is 37.7. The smallest absolute Gasteiger partial charge is 0.238 e. The minimum absolute atomic E-state index is 0.0212. The predicted molar refractivity (Wildman–Crippen MR) is 314 cm³/mol. The number of fused-ring (bicyclic) bond motifs is 3. The van der Waals surface area contributed by atoms with E-state index in [1.54, 1.807) is 0 Å². The third kappa shape index (κ3) is 6.79. The number of para-hydroxylation sites is 2. The van der Waals surface area contributed by atoms with E-state index in [1.807, 2.05) is 6.07 Å². The van der Waals surface area contributed by atoms with Gasteiger partial charge in [0.2, 0.25) is 5.95 Å². The maximum absolute atomic E-state index is 5.62. The maximum atomic E-state index is 5.62. The van der Waals surface area contributed by atoms with E-state index < -0.39 is 8.07 Å². The zero-order valence-electron chi connectivity index (χ0n) is 41.5. The molecule has 0 fully saturated rings. The van der Waals surface area contributed by atoms with E-state index in [1.165, 1.54) is 76.4 Å². The highest BCUT2D eigenvalue weighted by atomic mass is 28.3. The second-order valence-electron chi connectivity index (χ2n) is 20.1. The standard InChI is InChI=1S/C71H48N4Si/c1-5-23-47(24-6-1)50-29-19-33-53(45-50)76(52-31-11-4-12-32-52,54-34-20-30-51(46-54)48-25-7-2-8-26-48)64-44-22-40-60-65-57-37-13-14-38-58(57)68(67(60)64)66-59(65)39-21-41-61(66)70-72-69(49-27-9-3-10-28-49)73-71(74-70)75-62-42-17-15-35-55(62)56-36-16-18-43-63(56)75/h1-46,65,68H. The molecule has 3 aliphatic rings. The molecule has 5 heteroatoms. The summed E-state index contributed by atoms with van der Waals surface area (Å²) in [5.41, 5.74) is 16.9. The Labute approximate surface area is 443 Å². The molecule has 0 aliphatic heterocycles. The Morgan fingerprint density at radius 1 is 0.303 bits per heavy atom. The van der Waals surface area contributed by atoms with Crippen LogP contribution >= 0.6 is 0 Å². The second-order valence-corrected chi connectivity index (χ2v) is 23.9. The van der Waals surface area contributed by atoms with Crippen LogP contribution in [0, 0.1) is 0 Å². The van der Waals surface area contributed by atoms with Gasteiger partial charge in [-0.2, -0.15) is 9.97 Å². The lowest BCUT2D eigenvalue weighted by atomic mass is 9.60. The number of hydrogen-bond donors (Lipinski definition) is 0.